The van der Waals surface area contributed by atoms with Crippen molar-refractivity contribution in [1.29, 1.82) is 0 Å². The number of halogens is 3. The Kier molecular flexibility index (Phi) is 14.7. The summed E-state index contributed by atoms with van der Waals surface area (Å²) in [5, 5.41) is 2.94. The van der Waals surface area contributed by atoms with E-state index >= 15 is 13.3 Å². The van der Waals surface area contributed by atoms with E-state index in [0.29, 0.717) is 74.5 Å². The van der Waals surface area contributed by atoms with E-state index in [2.05, 4.69) is 40.9 Å². The molecule has 0 radical (unpaired) electrons. The minimum absolute atomic E-state index is 0.0594. The summed E-state index contributed by atoms with van der Waals surface area (Å²) in [5.41, 5.74) is 2.81. The zero-order valence-electron chi connectivity index (χ0n) is 31.6. The topological polar surface area (TPSA) is 72.0 Å². The molecule has 1 unspecified atom stereocenters. The van der Waals surface area contributed by atoms with E-state index in [4.69, 9.17) is 0 Å². The molecule has 3 heterocycles. The van der Waals surface area contributed by atoms with Crippen molar-refractivity contribution in [3.63, 3.8) is 0 Å². The van der Waals surface area contributed by atoms with Crippen molar-refractivity contribution in [3.05, 3.63) is 75.8 Å². The van der Waals surface area contributed by atoms with Gasteiger partial charge in [-0.25, -0.2) is 8.78 Å². The lowest BCUT2D eigenvalue weighted by Crippen LogP contribution is -2.43. The van der Waals surface area contributed by atoms with Crippen molar-refractivity contribution < 1.29 is 22.9 Å². The maximum atomic E-state index is 15.5. The first-order valence-electron chi connectivity index (χ1n) is 18.6. The fourth-order valence-corrected chi connectivity index (χ4v) is 7.34. The van der Waals surface area contributed by atoms with E-state index in [1.165, 1.54) is 30.5 Å². The van der Waals surface area contributed by atoms with Gasteiger partial charge >= 0.3 is 0 Å². The van der Waals surface area contributed by atoms with Crippen molar-refractivity contribution in [3.8, 4) is 0 Å². The fraction of sp³-hybridized carbons (Fsp3) is 0.575. The van der Waals surface area contributed by atoms with E-state index < -0.39 is 17.5 Å². The Morgan fingerprint density at radius 2 is 1.71 bits per heavy atom. The Hall–Kier alpha value is -3.70. The number of benzene rings is 1. The van der Waals surface area contributed by atoms with Crippen molar-refractivity contribution in [2.45, 2.75) is 92.0 Å². The van der Waals surface area contributed by atoms with E-state index in [9.17, 15) is 9.59 Å². The molecule has 4 rings (SSSR count). The predicted molar refractivity (Wildman–Crippen MR) is 199 cm³/mol. The van der Waals surface area contributed by atoms with Gasteiger partial charge in [0.05, 0.1) is 5.69 Å². The maximum Gasteiger partial charge on any atom is 0.280 e. The lowest BCUT2D eigenvalue weighted by molar-refractivity contribution is -0.116. The molecule has 1 atom stereocenters. The summed E-state index contributed by atoms with van der Waals surface area (Å²) >= 11 is 0. The van der Waals surface area contributed by atoms with Gasteiger partial charge in [-0.15, -0.1) is 5.12 Å². The molecule has 2 amide bonds. The molecule has 2 saturated heterocycles. The Morgan fingerprint density at radius 3 is 2.29 bits per heavy atom. The number of hydrogen-bond acceptors (Lipinski definition) is 6. The summed E-state index contributed by atoms with van der Waals surface area (Å²) in [6.45, 7) is 17.2. The van der Waals surface area contributed by atoms with Gasteiger partial charge in [-0.3, -0.25) is 19.5 Å². The van der Waals surface area contributed by atoms with Crippen LogP contribution in [0.2, 0.25) is 0 Å². The first-order chi connectivity index (χ1) is 24.4. The zero-order chi connectivity index (χ0) is 37.2. The lowest BCUT2D eigenvalue weighted by atomic mass is 9.87. The van der Waals surface area contributed by atoms with Crippen LogP contribution in [0.15, 0.2) is 41.7 Å². The van der Waals surface area contributed by atoms with Crippen LogP contribution in [0, 0.1) is 24.5 Å². The first-order valence-corrected chi connectivity index (χ1v) is 18.6. The number of amides is 2. The van der Waals surface area contributed by atoms with Crippen LogP contribution in [0.5, 0.6) is 0 Å². The van der Waals surface area contributed by atoms with Gasteiger partial charge in [0, 0.05) is 79.6 Å². The van der Waals surface area contributed by atoms with E-state index in [1.807, 2.05) is 13.0 Å². The number of rotatable bonds is 14. The average molecular weight is 711 g/mol. The van der Waals surface area contributed by atoms with Gasteiger partial charge in [0.1, 0.15) is 11.6 Å². The van der Waals surface area contributed by atoms with Crippen molar-refractivity contribution in [1.82, 2.24) is 25.0 Å². The highest BCUT2D eigenvalue weighted by Crippen LogP contribution is 2.34. The average Bonchev–Trinajstić information content (AvgIpc) is 3.11. The Labute approximate surface area is 302 Å². The van der Waals surface area contributed by atoms with Gasteiger partial charge in [0.2, 0.25) is 0 Å². The van der Waals surface area contributed by atoms with E-state index in [1.54, 1.807) is 25.8 Å². The van der Waals surface area contributed by atoms with Gasteiger partial charge in [-0.1, -0.05) is 30.0 Å². The van der Waals surface area contributed by atoms with Gasteiger partial charge in [-0.2, -0.15) is 0 Å². The molecule has 280 valence electrons. The number of likely N-dealkylation sites (tertiary alicyclic amines) is 2. The maximum absolute atomic E-state index is 15.5. The number of carbonyl (C=O) groups is 2. The van der Waals surface area contributed by atoms with Crippen LogP contribution >= 0.6 is 0 Å². The van der Waals surface area contributed by atoms with Crippen LogP contribution in [0.25, 0.3) is 6.08 Å². The highest BCUT2D eigenvalue weighted by Gasteiger charge is 2.30. The number of pyridine rings is 1. The Bertz CT molecular complexity index is 1540. The molecular formula is C40H57F3N6O2. The van der Waals surface area contributed by atoms with Gasteiger partial charge in [0.15, 0.2) is 0 Å². The standard InChI is InChI=1S/C40H57F3N6O2/c1-8-16-48(29(5)9-2)26-31-11-19-47(20-12-31)40(51)33-23-35(41)39(36(42)24-33)32-13-17-46(18-14-32)25-27(3)21-34-30(6)45-15-10-37(34)49(43)38(50)22-28(4)44-7/h10,15,21-24,29,31-32,44H,8-9,11-14,16-20,25-26H2,1-7H3/b27-21+,28-22+. The summed E-state index contributed by atoms with van der Waals surface area (Å²) in [5.74, 6) is -2.20. The molecule has 0 spiro atoms. The molecule has 0 aliphatic carbocycles. The molecule has 2 aliphatic heterocycles. The molecule has 2 aromatic rings. The highest BCUT2D eigenvalue weighted by molar-refractivity contribution is 6.01. The van der Waals surface area contributed by atoms with Crippen LogP contribution in [-0.4, -0.2) is 90.4 Å². The molecule has 2 fully saturated rings. The van der Waals surface area contributed by atoms with Gasteiger partial charge in [-0.05, 0) is 116 Å². The lowest BCUT2D eigenvalue weighted by Gasteiger charge is -2.37. The molecule has 51 heavy (non-hydrogen) atoms. The molecule has 1 aromatic heterocycles. The third-order valence-corrected chi connectivity index (χ3v) is 10.6. The van der Waals surface area contributed by atoms with Crippen molar-refractivity contribution in [2.24, 2.45) is 5.92 Å². The molecule has 1 aromatic carbocycles. The summed E-state index contributed by atoms with van der Waals surface area (Å²) < 4.78 is 46.2. The minimum atomic E-state index is -0.801. The molecule has 0 bridgehead atoms. The van der Waals surface area contributed by atoms with E-state index in [-0.39, 0.29) is 33.8 Å². The second-order valence-corrected chi connectivity index (χ2v) is 14.4. The normalized spacial score (nSPS) is 17.6. The molecule has 8 nitrogen and oxygen atoms in total. The van der Waals surface area contributed by atoms with Crippen LogP contribution in [0.4, 0.5) is 18.9 Å². The molecular weight excluding hydrogens is 653 g/mol. The van der Waals surface area contributed by atoms with Gasteiger partial charge < -0.3 is 15.1 Å². The number of nitrogens with one attached hydrogen (secondary N) is 1. The Morgan fingerprint density at radius 1 is 1.06 bits per heavy atom. The number of anilines is 1. The number of hydrogen-bond donors (Lipinski definition) is 1. The second-order valence-electron chi connectivity index (χ2n) is 14.4. The number of aromatic nitrogens is 1. The zero-order valence-corrected chi connectivity index (χ0v) is 31.6. The molecule has 0 saturated carbocycles. The Balaban J connectivity index is 1.35. The SMILES string of the molecule is CCCN(CC1CCN(C(=O)c2cc(F)c(C3CCN(C/C(C)=C/c4c(N(F)C(=O)/C=C(\C)NC)ccnc4C)CC3)c(F)c2)CC1)C(C)CC. The first kappa shape index (κ1) is 40.1. The van der Waals surface area contributed by atoms with Crippen LogP contribution in [0.3, 0.4) is 0 Å². The largest absolute Gasteiger partial charge is 0.391 e. The molecule has 11 heteroatoms. The minimum Gasteiger partial charge on any atom is -0.391 e. The summed E-state index contributed by atoms with van der Waals surface area (Å²) in [6.07, 6.45) is 9.63. The summed E-state index contributed by atoms with van der Waals surface area (Å²) in [7, 11) is 1.66. The number of nitrogens with zero attached hydrogens (tertiary/aromatic N) is 5. The predicted octanol–water partition coefficient (Wildman–Crippen LogP) is 7.65. The number of aryl methyl sites for hydroxylation is 1. The number of carbonyl (C=O) groups excluding carboxylic acids is 2. The van der Waals surface area contributed by atoms with Crippen molar-refractivity contribution in [2.75, 3.05) is 58.0 Å². The van der Waals surface area contributed by atoms with Crippen LogP contribution in [-0.2, 0) is 4.79 Å². The third-order valence-electron chi connectivity index (χ3n) is 10.6. The summed E-state index contributed by atoms with van der Waals surface area (Å²) in [4.78, 5) is 36.6. The van der Waals surface area contributed by atoms with Crippen LogP contribution in [0.1, 0.15) is 106 Å². The number of allylic oxidation sites excluding steroid dienone is 1. The number of piperidine rings is 2. The molecule has 1 N–H and O–H groups in total. The monoisotopic (exact) mass is 710 g/mol. The quantitative estimate of drug-likeness (QED) is 0.161. The van der Waals surface area contributed by atoms with Gasteiger partial charge in [0.25, 0.3) is 11.8 Å². The molecule has 2 aliphatic rings. The highest BCUT2D eigenvalue weighted by atomic mass is 19.2. The van der Waals surface area contributed by atoms with Crippen LogP contribution < -0.4 is 10.4 Å². The third kappa shape index (κ3) is 10.4. The van der Waals surface area contributed by atoms with E-state index in [0.717, 1.165) is 44.3 Å². The smallest absolute Gasteiger partial charge is 0.280 e. The summed E-state index contributed by atoms with van der Waals surface area (Å²) in [6, 6.07) is 4.45. The second kappa shape index (κ2) is 18.7. The fourth-order valence-electron chi connectivity index (χ4n) is 7.34. The van der Waals surface area contributed by atoms with Crippen molar-refractivity contribution >= 4 is 23.6 Å².